The molecule has 294 valence electrons. The van der Waals surface area contributed by atoms with Gasteiger partial charge in [0, 0.05) is 71.5 Å². The van der Waals surface area contributed by atoms with Crippen LogP contribution in [0.1, 0.15) is 97.8 Å². The first-order valence-electron chi connectivity index (χ1n) is 19.8. The predicted molar refractivity (Wildman–Crippen MR) is 194 cm³/mol. The van der Waals surface area contributed by atoms with E-state index in [2.05, 4.69) is 39.2 Å². The van der Waals surface area contributed by atoms with Crippen molar-refractivity contribution < 1.29 is 43.3 Å². The maximum absolute atomic E-state index is 14.8. The Morgan fingerprint density at radius 3 is 1.49 bits per heavy atom. The number of rotatable bonds is 9. The maximum Gasteiger partial charge on any atom is 0.317 e. The van der Waals surface area contributed by atoms with Gasteiger partial charge in [-0.1, -0.05) is 20.8 Å². The first kappa shape index (κ1) is 39.8. The van der Waals surface area contributed by atoms with Crippen molar-refractivity contribution in [2.24, 2.45) is 0 Å². The molecule has 6 aliphatic heterocycles. The zero-order chi connectivity index (χ0) is 36.4. The zero-order valence-electron chi connectivity index (χ0n) is 32.2. The molecule has 0 unspecified atom stereocenters. The first-order valence-corrected chi connectivity index (χ1v) is 22.7. The van der Waals surface area contributed by atoms with Crippen molar-refractivity contribution in [1.29, 1.82) is 0 Å². The number of piperidine rings is 2. The molecule has 0 aromatic carbocycles. The van der Waals surface area contributed by atoms with Crippen LogP contribution in [-0.4, -0.2) is 153 Å². The Hall–Kier alpha value is -0.913. The Bertz CT molecular complexity index is 1090. The van der Waals surface area contributed by atoms with Crippen LogP contribution in [0.2, 0.25) is 18.1 Å². The van der Waals surface area contributed by atoms with Crippen molar-refractivity contribution in [2.75, 3.05) is 79.2 Å². The van der Waals surface area contributed by atoms with Gasteiger partial charge in [-0.3, -0.25) is 0 Å². The number of hydrogen-bond acceptors (Lipinski definition) is 11. The molecule has 0 aliphatic carbocycles. The quantitative estimate of drug-likeness (QED) is 0.219. The van der Waals surface area contributed by atoms with Gasteiger partial charge in [-0.2, -0.15) is 10.1 Å². The maximum atomic E-state index is 14.8. The number of nitrogens with zero attached hydrogens (tertiary/aromatic N) is 3. The molecule has 0 aromatic rings. The highest BCUT2D eigenvalue weighted by Gasteiger charge is 2.58. The molecule has 6 heterocycles. The second-order valence-corrected chi connectivity index (χ2v) is 22.8. The summed E-state index contributed by atoms with van der Waals surface area (Å²) in [6, 6.07) is -0.285. The first-order chi connectivity index (χ1) is 24.3. The molecule has 6 rings (SSSR count). The van der Waals surface area contributed by atoms with Crippen LogP contribution in [-0.2, 0) is 28.1 Å². The van der Waals surface area contributed by atoms with Gasteiger partial charge in [0.25, 0.3) is 0 Å². The molecule has 6 aliphatic rings. The van der Waals surface area contributed by atoms with Gasteiger partial charge < -0.3 is 48.7 Å². The van der Waals surface area contributed by atoms with E-state index in [1.54, 1.807) is 10.1 Å². The Morgan fingerprint density at radius 2 is 1.10 bits per heavy atom. The average molecular weight is 741 g/mol. The highest BCUT2D eigenvalue weighted by molar-refractivity contribution is 6.74. The van der Waals surface area contributed by atoms with Crippen LogP contribution in [0.25, 0.3) is 0 Å². The van der Waals surface area contributed by atoms with Crippen LogP contribution in [0.15, 0.2) is 0 Å². The zero-order valence-corrected chi connectivity index (χ0v) is 33.2. The fraction of sp³-hybridized carbons (Fsp3) is 0.973. The number of hydrogen-bond donors (Lipinski definition) is 3. The molecule has 6 fully saturated rings. The lowest BCUT2D eigenvalue weighted by molar-refractivity contribution is -0.299. The summed E-state index contributed by atoms with van der Waals surface area (Å²) in [5.41, 5.74) is -1.81. The number of ether oxygens (including phenoxy) is 5. The van der Waals surface area contributed by atoms with E-state index < -0.39 is 30.5 Å². The van der Waals surface area contributed by atoms with Crippen molar-refractivity contribution in [3.05, 3.63) is 0 Å². The molecule has 0 aromatic heterocycles. The molecule has 0 bridgehead atoms. The standard InChI is InChI=1S/C37H68N4O9Si/c1-33(2,3)51(4,5)50-25-24-49-23-14-39(31-28-36(10-19-47-20-11-36)41(44)37(29-31)12-21-48-22-13-37)32(42)38-30-26-34(6-15-45-16-7-34)40(43)35(27-30)8-17-46-18-9-35/h30-31,43-44H,6-29H2,1-5H3,(H,38,42). The lowest BCUT2D eigenvalue weighted by Crippen LogP contribution is -2.71. The van der Waals surface area contributed by atoms with E-state index in [9.17, 15) is 15.2 Å². The average Bonchev–Trinajstić information content (AvgIpc) is 3.10. The summed E-state index contributed by atoms with van der Waals surface area (Å²) < 4.78 is 35.7. The monoisotopic (exact) mass is 740 g/mol. The summed E-state index contributed by atoms with van der Waals surface area (Å²) in [6.45, 7) is 17.9. The molecule has 4 spiro atoms. The van der Waals surface area contributed by atoms with Crippen molar-refractivity contribution in [3.63, 3.8) is 0 Å². The van der Waals surface area contributed by atoms with E-state index in [4.69, 9.17) is 28.1 Å². The fourth-order valence-electron chi connectivity index (χ4n) is 9.83. The number of urea groups is 1. The molecule has 0 radical (unpaired) electrons. The molecule has 13 nitrogen and oxygen atoms in total. The predicted octanol–water partition coefficient (Wildman–Crippen LogP) is 4.94. The van der Waals surface area contributed by atoms with E-state index in [-0.39, 0.29) is 23.2 Å². The third kappa shape index (κ3) is 8.36. The topological polar surface area (TPSA) is 135 Å². The second-order valence-electron chi connectivity index (χ2n) is 18.0. The molecule has 14 heteroatoms. The third-order valence-corrected chi connectivity index (χ3v) is 18.5. The van der Waals surface area contributed by atoms with Crippen LogP contribution < -0.4 is 5.32 Å². The Labute approximate surface area is 307 Å². The van der Waals surface area contributed by atoms with E-state index in [1.165, 1.54) is 0 Å². The Balaban J connectivity index is 1.22. The molecule has 0 atom stereocenters. The van der Waals surface area contributed by atoms with Crippen molar-refractivity contribution in [2.45, 2.75) is 150 Å². The second kappa shape index (κ2) is 16.1. The summed E-state index contributed by atoms with van der Waals surface area (Å²) in [7, 11) is -1.89. The molecule has 0 saturated carbocycles. The lowest BCUT2D eigenvalue weighted by atomic mass is 9.69. The molecular weight excluding hydrogens is 673 g/mol. The van der Waals surface area contributed by atoms with Gasteiger partial charge in [0.1, 0.15) is 0 Å². The van der Waals surface area contributed by atoms with Crippen molar-refractivity contribution >= 4 is 14.3 Å². The van der Waals surface area contributed by atoms with Gasteiger partial charge in [0.05, 0.1) is 42.0 Å². The van der Waals surface area contributed by atoms with Crippen molar-refractivity contribution in [3.8, 4) is 0 Å². The molecular formula is C37H68N4O9Si. The number of hydroxylamine groups is 4. The fourth-order valence-corrected chi connectivity index (χ4v) is 10.9. The number of carbonyl (C=O) groups excluding carboxylic acids is 1. The summed E-state index contributed by atoms with van der Waals surface area (Å²) in [5.74, 6) is 0. The molecule has 51 heavy (non-hydrogen) atoms. The highest BCUT2D eigenvalue weighted by atomic mass is 28.4. The summed E-state index contributed by atoms with van der Waals surface area (Å²) in [5, 5.41) is 30.8. The minimum Gasteiger partial charge on any atom is -0.414 e. The van der Waals surface area contributed by atoms with Gasteiger partial charge in [-0.05, 0) is 95.2 Å². The van der Waals surface area contributed by atoms with Gasteiger partial charge in [-0.25, -0.2) is 4.79 Å². The molecule has 3 N–H and O–H groups in total. The molecule has 2 amide bonds. The Morgan fingerprint density at radius 1 is 0.706 bits per heavy atom. The summed E-state index contributed by atoms with van der Waals surface area (Å²) in [4.78, 5) is 16.8. The smallest absolute Gasteiger partial charge is 0.317 e. The highest BCUT2D eigenvalue weighted by Crippen LogP contribution is 2.49. The van der Waals surface area contributed by atoms with E-state index in [1.807, 2.05) is 4.90 Å². The van der Waals surface area contributed by atoms with Gasteiger partial charge >= 0.3 is 6.03 Å². The number of amides is 2. The van der Waals surface area contributed by atoms with E-state index >= 15 is 0 Å². The van der Waals surface area contributed by atoms with E-state index in [0.717, 1.165) is 51.4 Å². The normalized spacial score (nSPS) is 29.8. The summed E-state index contributed by atoms with van der Waals surface area (Å²) in [6.07, 6.45) is 8.54. The van der Waals surface area contributed by atoms with Crippen LogP contribution in [0.5, 0.6) is 0 Å². The van der Waals surface area contributed by atoms with Gasteiger partial charge in [0.15, 0.2) is 8.32 Å². The summed E-state index contributed by atoms with van der Waals surface area (Å²) >= 11 is 0. The minimum absolute atomic E-state index is 0.0854. The van der Waals surface area contributed by atoms with Gasteiger partial charge in [-0.15, -0.1) is 0 Å². The largest absolute Gasteiger partial charge is 0.414 e. The number of nitrogens with one attached hydrogen (secondary N) is 1. The lowest BCUT2D eigenvalue weighted by Gasteiger charge is -2.60. The third-order valence-electron chi connectivity index (χ3n) is 14.0. The van der Waals surface area contributed by atoms with Crippen LogP contribution in [0.4, 0.5) is 4.79 Å². The van der Waals surface area contributed by atoms with Gasteiger partial charge in [0.2, 0.25) is 0 Å². The van der Waals surface area contributed by atoms with Crippen LogP contribution >= 0.6 is 0 Å². The number of carbonyl (C=O) groups is 1. The van der Waals surface area contributed by atoms with Crippen LogP contribution in [0, 0.1) is 0 Å². The van der Waals surface area contributed by atoms with Crippen molar-refractivity contribution in [1.82, 2.24) is 20.3 Å². The van der Waals surface area contributed by atoms with E-state index in [0.29, 0.717) is 105 Å². The SMILES string of the molecule is CC(C)(C)[Si](C)(C)OCCOCCN(C(=O)NC1CC2(CCOCC2)N(O)C2(CCOCC2)C1)C1CC2(CCOCC2)N(O)C2(CCOCC2)C1. The Kier molecular flexibility index (Phi) is 12.5. The minimum atomic E-state index is -1.89. The van der Waals surface area contributed by atoms with Crippen LogP contribution in [0.3, 0.4) is 0 Å². The molecule has 6 saturated heterocycles.